The lowest BCUT2D eigenvalue weighted by Crippen LogP contribution is -2.20. The van der Waals surface area contributed by atoms with Crippen LogP contribution in [0.2, 0.25) is 0 Å². The van der Waals surface area contributed by atoms with Crippen LogP contribution in [0.3, 0.4) is 0 Å². The Bertz CT molecular complexity index is 409. The Kier molecular flexibility index (Phi) is 20.1. The average molecular weight is 421 g/mol. The molecule has 0 bridgehead atoms. The molecule has 5 heteroatoms. The van der Waals surface area contributed by atoms with Gasteiger partial charge in [-0.1, -0.05) is 116 Å². The van der Waals surface area contributed by atoms with Gasteiger partial charge in [0.1, 0.15) is 0 Å². The number of aliphatic hydroxyl groups excluding tert-OH is 1. The Morgan fingerprint density at radius 3 is 1.21 bits per heavy atom. The van der Waals surface area contributed by atoms with Crippen molar-refractivity contribution in [2.75, 3.05) is 6.61 Å². The van der Waals surface area contributed by atoms with Gasteiger partial charge in [-0.2, -0.15) is 8.42 Å². The van der Waals surface area contributed by atoms with Gasteiger partial charge in [0.15, 0.2) is 0 Å². The lowest BCUT2D eigenvalue weighted by atomic mass is 10.0. The molecule has 1 unspecified atom stereocenters. The summed E-state index contributed by atoms with van der Waals surface area (Å²) in [5, 5.41) is 8.18. The standard InChI is InChI=1S/C23H48O4S/c1-2-3-4-5-6-8-11-14-17-20-23(28(25,26)27)21-18-15-12-9-7-10-13-16-19-22-24/h23-24H,2-22H2,1H3,(H,25,26,27). The van der Waals surface area contributed by atoms with E-state index in [0.29, 0.717) is 19.4 Å². The third-order valence-electron chi connectivity index (χ3n) is 5.74. The Morgan fingerprint density at radius 2 is 0.893 bits per heavy atom. The molecule has 0 amide bonds. The predicted octanol–water partition coefficient (Wildman–Crippen LogP) is 7.06. The molecule has 0 fully saturated rings. The van der Waals surface area contributed by atoms with E-state index in [-0.39, 0.29) is 0 Å². The van der Waals surface area contributed by atoms with Gasteiger partial charge in [-0.05, 0) is 19.3 Å². The highest BCUT2D eigenvalue weighted by Crippen LogP contribution is 2.19. The van der Waals surface area contributed by atoms with E-state index >= 15 is 0 Å². The number of hydrogen-bond donors (Lipinski definition) is 2. The zero-order chi connectivity index (χ0) is 20.9. The SMILES string of the molecule is CCCCCCCCCCCC(CCCCCCCCCCCO)S(=O)(=O)O. The molecule has 0 heterocycles. The van der Waals surface area contributed by atoms with Crippen LogP contribution in [-0.4, -0.2) is 29.9 Å². The second kappa shape index (κ2) is 20.2. The minimum absolute atomic E-state index is 0.300. The maximum Gasteiger partial charge on any atom is 0.267 e. The smallest absolute Gasteiger partial charge is 0.267 e. The van der Waals surface area contributed by atoms with E-state index in [4.69, 9.17) is 5.11 Å². The first kappa shape index (κ1) is 27.9. The second-order valence-corrected chi connectivity index (χ2v) is 10.1. The normalized spacial score (nSPS) is 13.1. The molecule has 170 valence electrons. The zero-order valence-electron chi connectivity index (χ0n) is 18.5. The zero-order valence-corrected chi connectivity index (χ0v) is 19.4. The molecule has 0 aliphatic heterocycles. The lowest BCUT2D eigenvalue weighted by Gasteiger charge is -2.13. The van der Waals surface area contributed by atoms with Crippen LogP contribution in [-0.2, 0) is 10.1 Å². The molecule has 0 saturated carbocycles. The van der Waals surface area contributed by atoms with Crippen molar-refractivity contribution >= 4 is 10.1 Å². The highest BCUT2D eigenvalue weighted by Gasteiger charge is 2.21. The van der Waals surface area contributed by atoms with Crippen LogP contribution < -0.4 is 0 Å². The minimum Gasteiger partial charge on any atom is -0.396 e. The quantitative estimate of drug-likeness (QED) is 0.145. The molecular weight excluding hydrogens is 372 g/mol. The Labute approximate surface area is 175 Å². The van der Waals surface area contributed by atoms with Crippen LogP contribution in [0.25, 0.3) is 0 Å². The first-order valence-corrected chi connectivity index (χ1v) is 13.6. The van der Waals surface area contributed by atoms with Gasteiger partial charge in [-0.25, -0.2) is 0 Å². The van der Waals surface area contributed by atoms with Crippen LogP contribution in [0, 0.1) is 0 Å². The van der Waals surface area contributed by atoms with Gasteiger partial charge in [0.2, 0.25) is 0 Å². The van der Waals surface area contributed by atoms with Gasteiger partial charge < -0.3 is 5.11 Å². The summed E-state index contributed by atoms with van der Waals surface area (Å²) >= 11 is 0. The molecule has 0 aliphatic rings. The Morgan fingerprint density at radius 1 is 0.571 bits per heavy atom. The van der Waals surface area contributed by atoms with Gasteiger partial charge in [0, 0.05) is 6.61 Å². The molecule has 0 aromatic heterocycles. The van der Waals surface area contributed by atoms with Crippen molar-refractivity contribution in [3.63, 3.8) is 0 Å². The summed E-state index contributed by atoms with van der Waals surface area (Å²) in [5.74, 6) is 0. The Balaban J connectivity index is 3.65. The maximum absolute atomic E-state index is 11.6. The number of rotatable bonds is 22. The van der Waals surface area contributed by atoms with Crippen molar-refractivity contribution in [1.82, 2.24) is 0 Å². The molecule has 0 radical (unpaired) electrons. The largest absolute Gasteiger partial charge is 0.396 e. The van der Waals surface area contributed by atoms with Crippen molar-refractivity contribution in [2.24, 2.45) is 0 Å². The summed E-state index contributed by atoms with van der Waals surface area (Å²) < 4.78 is 32.8. The molecule has 0 aliphatic carbocycles. The highest BCUT2D eigenvalue weighted by atomic mass is 32.2. The van der Waals surface area contributed by atoms with E-state index in [1.807, 2.05) is 0 Å². The van der Waals surface area contributed by atoms with Crippen molar-refractivity contribution in [3.05, 3.63) is 0 Å². The molecule has 0 aromatic carbocycles. The average Bonchev–Trinajstić information content (AvgIpc) is 2.65. The van der Waals surface area contributed by atoms with Crippen LogP contribution in [0.15, 0.2) is 0 Å². The van der Waals surface area contributed by atoms with Crippen molar-refractivity contribution < 1.29 is 18.1 Å². The summed E-state index contributed by atoms with van der Waals surface area (Å²) in [5.41, 5.74) is 0. The van der Waals surface area contributed by atoms with Gasteiger partial charge in [-0.3, -0.25) is 4.55 Å². The summed E-state index contributed by atoms with van der Waals surface area (Å²) in [4.78, 5) is 0. The Hall–Kier alpha value is -0.130. The van der Waals surface area contributed by atoms with Crippen LogP contribution >= 0.6 is 0 Å². The fraction of sp³-hybridized carbons (Fsp3) is 1.00. The molecule has 0 saturated heterocycles. The van der Waals surface area contributed by atoms with Crippen LogP contribution in [0.1, 0.15) is 135 Å². The first-order chi connectivity index (χ1) is 13.5. The molecule has 0 rings (SSSR count). The maximum atomic E-state index is 11.6. The van der Waals surface area contributed by atoms with Crippen LogP contribution in [0.4, 0.5) is 0 Å². The summed E-state index contributed by atoms with van der Waals surface area (Å²) in [6.45, 7) is 2.53. The number of unbranched alkanes of at least 4 members (excludes halogenated alkanes) is 16. The predicted molar refractivity (Wildman–Crippen MR) is 120 cm³/mol. The van der Waals surface area contributed by atoms with Gasteiger partial charge in [0.25, 0.3) is 10.1 Å². The molecule has 4 nitrogen and oxygen atoms in total. The molecule has 1 atom stereocenters. The fourth-order valence-electron chi connectivity index (χ4n) is 3.85. The highest BCUT2D eigenvalue weighted by molar-refractivity contribution is 7.86. The third kappa shape index (κ3) is 19.2. The van der Waals surface area contributed by atoms with Crippen LogP contribution in [0.5, 0.6) is 0 Å². The van der Waals surface area contributed by atoms with E-state index < -0.39 is 15.4 Å². The number of hydrogen-bond acceptors (Lipinski definition) is 3. The molecule has 2 N–H and O–H groups in total. The van der Waals surface area contributed by atoms with Crippen molar-refractivity contribution in [3.8, 4) is 0 Å². The topological polar surface area (TPSA) is 74.6 Å². The minimum atomic E-state index is -3.90. The second-order valence-electron chi connectivity index (χ2n) is 8.45. The molecular formula is C23H48O4S. The van der Waals surface area contributed by atoms with Gasteiger partial charge in [-0.15, -0.1) is 0 Å². The molecule has 0 aromatic rings. The lowest BCUT2D eigenvalue weighted by molar-refractivity contribution is 0.282. The van der Waals surface area contributed by atoms with E-state index in [0.717, 1.165) is 44.9 Å². The molecule has 28 heavy (non-hydrogen) atoms. The summed E-state index contributed by atoms with van der Waals surface area (Å²) in [6, 6.07) is 0. The summed E-state index contributed by atoms with van der Waals surface area (Å²) in [7, 11) is -3.90. The van der Waals surface area contributed by atoms with E-state index in [9.17, 15) is 13.0 Å². The van der Waals surface area contributed by atoms with Crippen molar-refractivity contribution in [1.29, 1.82) is 0 Å². The van der Waals surface area contributed by atoms with Gasteiger partial charge >= 0.3 is 0 Å². The van der Waals surface area contributed by atoms with E-state index in [2.05, 4.69) is 6.92 Å². The molecule has 0 spiro atoms. The first-order valence-electron chi connectivity index (χ1n) is 12.1. The van der Waals surface area contributed by atoms with Crippen molar-refractivity contribution in [2.45, 2.75) is 141 Å². The number of aliphatic hydroxyl groups is 1. The fourth-order valence-corrected chi connectivity index (χ4v) is 4.78. The third-order valence-corrected chi connectivity index (χ3v) is 7.05. The van der Waals surface area contributed by atoms with E-state index in [1.165, 1.54) is 70.6 Å². The van der Waals surface area contributed by atoms with Gasteiger partial charge in [0.05, 0.1) is 5.25 Å². The van der Waals surface area contributed by atoms with E-state index in [1.54, 1.807) is 0 Å². The summed E-state index contributed by atoms with van der Waals surface area (Å²) in [6.07, 6.45) is 22.2. The monoisotopic (exact) mass is 420 g/mol.